The summed E-state index contributed by atoms with van der Waals surface area (Å²) < 4.78 is 0. The molecular formula is C18H26Cl2CuN4O. The molecule has 0 aliphatic heterocycles. The molecule has 0 unspecified atom stereocenters. The second kappa shape index (κ2) is 15.3. The fourth-order valence-electron chi connectivity index (χ4n) is 3.10. The van der Waals surface area contributed by atoms with Crippen LogP contribution in [0.5, 0.6) is 0 Å². The van der Waals surface area contributed by atoms with Crippen molar-refractivity contribution in [2.45, 2.75) is 50.9 Å². The maximum atomic E-state index is 4.39. The Kier molecular flexibility index (Phi) is 16.2. The summed E-state index contributed by atoms with van der Waals surface area (Å²) in [5.41, 5.74) is 2.22. The molecule has 2 aromatic heterocycles. The van der Waals surface area contributed by atoms with Crippen LogP contribution in [0.1, 0.15) is 37.1 Å². The van der Waals surface area contributed by atoms with Gasteiger partial charge in [-0.25, -0.2) is 0 Å². The van der Waals surface area contributed by atoms with Gasteiger partial charge in [-0.05, 0) is 37.1 Å². The number of halogens is 2. The van der Waals surface area contributed by atoms with E-state index in [1.165, 1.54) is 25.7 Å². The molecule has 1 fully saturated rings. The number of hydrogen-bond acceptors (Lipinski definition) is 4. The van der Waals surface area contributed by atoms with E-state index in [1.54, 1.807) is 0 Å². The van der Waals surface area contributed by atoms with Crippen molar-refractivity contribution in [2.24, 2.45) is 0 Å². The number of hydrogen-bond donors (Lipinski definition) is 2. The van der Waals surface area contributed by atoms with Gasteiger partial charge in [0.1, 0.15) is 0 Å². The van der Waals surface area contributed by atoms with Crippen LogP contribution >= 0.6 is 0 Å². The Morgan fingerprint density at radius 3 is 1.54 bits per heavy atom. The first-order chi connectivity index (χ1) is 10.9. The van der Waals surface area contributed by atoms with Crippen molar-refractivity contribution in [1.82, 2.24) is 20.6 Å². The van der Waals surface area contributed by atoms with Gasteiger partial charge in [-0.3, -0.25) is 9.97 Å². The molecule has 3 rings (SSSR count). The Bertz CT molecular complexity index is 514. The van der Waals surface area contributed by atoms with Crippen LogP contribution in [0.2, 0.25) is 0 Å². The van der Waals surface area contributed by atoms with E-state index in [0.717, 1.165) is 24.5 Å². The van der Waals surface area contributed by atoms with E-state index in [9.17, 15) is 0 Å². The van der Waals surface area contributed by atoms with Gasteiger partial charge in [0.05, 0.1) is 11.4 Å². The number of nitrogens with one attached hydrogen (secondary N) is 2. The Labute approximate surface area is 178 Å². The van der Waals surface area contributed by atoms with E-state index >= 15 is 0 Å². The summed E-state index contributed by atoms with van der Waals surface area (Å²) >= 11 is 0. The van der Waals surface area contributed by atoms with Crippen LogP contribution in [0.3, 0.4) is 0 Å². The molecule has 4 N–H and O–H groups in total. The topological polar surface area (TPSA) is 81.3 Å². The predicted molar refractivity (Wildman–Crippen MR) is 91.8 cm³/mol. The summed E-state index contributed by atoms with van der Waals surface area (Å²) in [7, 11) is 0. The maximum Gasteiger partial charge on any atom is 2.00 e. The Balaban J connectivity index is 0. The molecule has 2 aromatic rings. The zero-order chi connectivity index (χ0) is 15.0. The van der Waals surface area contributed by atoms with Gasteiger partial charge in [-0.2, -0.15) is 0 Å². The minimum atomic E-state index is 0. The molecule has 149 valence electrons. The summed E-state index contributed by atoms with van der Waals surface area (Å²) in [5.74, 6) is 0. The molecule has 1 aliphatic carbocycles. The van der Waals surface area contributed by atoms with Crippen LogP contribution in [0, 0.1) is 0 Å². The fraction of sp³-hybridized carbons (Fsp3) is 0.444. The first-order valence-corrected chi connectivity index (χ1v) is 8.18. The fourth-order valence-corrected chi connectivity index (χ4v) is 3.10. The zero-order valence-corrected chi connectivity index (χ0v) is 16.9. The molecule has 8 heteroatoms. The smallest absolute Gasteiger partial charge is 1.00 e. The van der Waals surface area contributed by atoms with E-state index in [4.69, 9.17) is 0 Å². The molecule has 2 atom stereocenters. The summed E-state index contributed by atoms with van der Waals surface area (Å²) in [4.78, 5) is 8.78. The second-order valence-corrected chi connectivity index (χ2v) is 5.90. The largest absolute Gasteiger partial charge is 2.00 e. The molecule has 0 amide bonds. The molecule has 1 saturated carbocycles. The average molecular weight is 449 g/mol. The number of aromatic nitrogens is 2. The first-order valence-electron chi connectivity index (χ1n) is 8.18. The molecule has 0 bridgehead atoms. The standard InChI is InChI=1S/C18H24N4.2ClH.Cu.H2O/c1-2-10-18(22-14-16-8-4-6-12-20-16)17(9-1)21-13-15-7-3-5-11-19-15;;;;/h3-8,11-12,17-18,21-22H,1-2,9-10,13-14H2;2*1H;;1H2/q;;;+2;/p-2/t17-,18-;;;;/m1..../s1. The van der Waals surface area contributed by atoms with Crippen LogP contribution in [0.4, 0.5) is 0 Å². The van der Waals surface area contributed by atoms with Crippen LogP contribution in [0.25, 0.3) is 0 Å². The van der Waals surface area contributed by atoms with Gasteiger partial charge in [-0.1, -0.05) is 25.0 Å². The number of rotatable bonds is 6. The van der Waals surface area contributed by atoms with E-state index in [-0.39, 0.29) is 47.4 Å². The molecule has 1 radical (unpaired) electrons. The quantitative estimate of drug-likeness (QED) is 0.440. The minimum absolute atomic E-state index is 0. The van der Waals surface area contributed by atoms with Crippen molar-refractivity contribution in [3.8, 4) is 0 Å². The Morgan fingerprint density at radius 1 is 0.769 bits per heavy atom. The van der Waals surface area contributed by atoms with Gasteiger partial charge >= 0.3 is 17.1 Å². The molecule has 1 aliphatic rings. The summed E-state index contributed by atoms with van der Waals surface area (Å²) in [5, 5.41) is 7.36. The van der Waals surface area contributed by atoms with Crippen molar-refractivity contribution in [2.75, 3.05) is 0 Å². The van der Waals surface area contributed by atoms with Crippen LogP contribution in [-0.4, -0.2) is 27.5 Å². The van der Waals surface area contributed by atoms with Gasteiger partial charge in [0.2, 0.25) is 0 Å². The van der Waals surface area contributed by atoms with E-state index in [1.807, 2.05) is 36.7 Å². The zero-order valence-electron chi connectivity index (χ0n) is 14.5. The molecular weight excluding hydrogens is 423 g/mol. The van der Waals surface area contributed by atoms with Crippen LogP contribution < -0.4 is 35.4 Å². The van der Waals surface area contributed by atoms with Crippen LogP contribution in [0.15, 0.2) is 48.8 Å². The molecule has 0 saturated heterocycles. The van der Waals surface area contributed by atoms with Gasteiger partial charge in [0.15, 0.2) is 0 Å². The van der Waals surface area contributed by atoms with E-state index in [0.29, 0.717) is 12.1 Å². The average Bonchev–Trinajstić information content (AvgIpc) is 2.61. The van der Waals surface area contributed by atoms with Gasteiger partial charge in [0.25, 0.3) is 0 Å². The van der Waals surface area contributed by atoms with E-state index < -0.39 is 0 Å². The third-order valence-electron chi connectivity index (χ3n) is 4.31. The summed E-state index contributed by atoms with van der Waals surface area (Å²) in [6, 6.07) is 13.2. The maximum absolute atomic E-state index is 4.39. The molecule has 2 heterocycles. The first kappa shape index (κ1) is 27.5. The third-order valence-corrected chi connectivity index (χ3v) is 4.31. The normalized spacial score (nSPS) is 18.3. The van der Waals surface area contributed by atoms with E-state index in [2.05, 4.69) is 32.7 Å². The predicted octanol–water partition coefficient (Wildman–Crippen LogP) is -4.15. The van der Waals surface area contributed by atoms with Crippen molar-refractivity contribution < 1.29 is 47.4 Å². The molecule has 5 nitrogen and oxygen atoms in total. The second-order valence-electron chi connectivity index (χ2n) is 5.90. The van der Waals surface area contributed by atoms with Gasteiger partial charge < -0.3 is 40.9 Å². The molecule has 26 heavy (non-hydrogen) atoms. The van der Waals surface area contributed by atoms with Crippen molar-refractivity contribution >= 4 is 0 Å². The van der Waals surface area contributed by atoms with Crippen molar-refractivity contribution in [3.63, 3.8) is 0 Å². The van der Waals surface area contributed by atoms with Crippen molar-refractivity contribution in [3.05, 3.63) is 60.2 Å². The number of pyridine rings is 2. The minimum Gasteiger partial charge on any atom is -1.00 e. The monoisotopic (exact) mass is 447 g/mol. The Hall–Kier alpha value is -0.721. The SMILES string of the molecule is O.[Cl-].[Cl-].[Cu+2].c1ccc(CN[C@@H]2CCCC[C@H]2NCc2ccccn2)nc1. The third kappa shape index (κ3) is 8.78. The summed E-state index contributed by atoms with van der Waals surface area (Å²) in [6.45, 7) is 1.68. The molecule has 0 spiro atoms. The van der Waals surface area contributed by atoms with Gasteiger partial charge in [0, 0.05) is 37.6 Å². The van der Waals surface area contributed by atoms with Crippen molar-refractivity contribution in [1.29, 1.82) is 0 Å². The molecule has 0 aromatic carbocycles. The summed E-state index contributed by atoms with van der Waals surface area (Å²) in [6.07, 6.45) is 8.78. The number of nitrogens with zero attached hydrogens (tertiary/aromatic N) is 2. The van der Waals surface area contributed by atoms with Gasteiger partial charge in [-0.15, -0.1) is 0 Å². The van der Waals surface area contributed by atoms with Crippen LogP contribution in [-0.2, 0) is 30.2 Å². The Morgan fingerprint density at radius 2 is 1.19 bits per heavy atom.